The van der Waals surface area contributed by atoms with Crippen LogP contribution in [-0.4, -0.2) is 81.2 Å². The Balaban J connectivity index is 0.00000484. The molecule has 0 unspecified atom stereocenters. The van der Waals surface area contributed by atoms with Crippen molar-refractivity contribution in [3.8, 4) is 5.75 Å². The van der Waals surface area contributed by atoms with Gasteiger partial charge >= 0.3 is 5.97 Å². The van der Waals surface area contributed by atoms with Gasteiger partial charge in [-0.2, -0.15) is 0 Å². The van der Waals surface area contributed by atoms with E-state index in [2.05, 4.69) is 26.6 Å². The molecule has 0 saturated carbocycles. The van der Waals surface area contributed by atoms with E-state index in [0.717, 1.165) is 88.9 Å². The molecule has 3 rings (SSSR count). The van der Waals surface area contributed by atoms with Gasteiger partial charge in [-0.1, -0.05) is 12.1 Å². The molecule has 0 spiro atoms. The molecule has 1 aromatic rings. The Bertz CT molecular complexity index is 982. The minimum atomic E-state index is -1.24. The maximum atomic E-state index is 13.2. The highest BCUT2D eigenvalue weighted by Crippen LogP contribution is 2.26. The van der Waals surface area contributed by atoms with Crippen LogP contribution in [0.4, 0.5) is 0 Å². The highest BCUT2D eigenvalue weighted by molar-refractivity contribution is 5.92. The number of nitrogens with one attached hydrogen (secondary N) is 5. The molecule has 0 aromatic heterocycles. The Hall–Kier alpha value is -2.60. The summed E-state index contributed by atoms with van der Waals surface area (Å²) in [4.78, 5) is 50.0. The number of rotatable bonds is 17. The molecular weight excluding hydrogens is 609 g/mol. The van der Waals surface area contributed by atoms with E-state index in [1.165, 1.54) is 0 Å². The van der Waals surface area contributed by atoms with Crippen molar-refractivity contribution in [3.63, 3.8) is 0 Å². The van der Waals surface area contributed by atoms with Crippen molar-refractivity contribution >= 4 is 48.5 Å². The summed E-state index contributed by atoms with van der Waals surface area (Å²) in [5.74, 6) is -0.722. The van der Waals surface area contributed by atoms with Crippen molar-refractivity contribution in [1.29, 1.82) is 0 Å². The monoisotopic (exact) mass is 659 g/mol. The third-order valence-corrected chi connectivity index (χ3v) is 8.46. The van der Waals surface area contributed by atoms with Crippen LogP contribution in [0.3, 0.4) is 0 Å². The van der Waals surface area contributed by atoms with Crippen molar-refractivity contribution in [3.05, 3.63) is 29.8 Å². The van der Waals surface area contributed by atoms with Gasteiger partial charge in [-0.25, -0.2) is 0 Å². The van der Waals surface area contributed by atoms with Crippen LogP contribution in [0.25, 0.3) is 0 Å². The van der Waals surface area contributed by atoms with E-state index in [-0.39, 0.29) is 49.7 Å². The Labute approximate surface area is 273 Å². The minimum absolute atomic E-state index is 0. The van der Waals surface area contributed by atoms with E-state index in [4.69, 9.17) is 4.74 Å². The summed E-state index contributed by atoms with van der Waals surface area (Å²) in [6, 6.07) is 6.18. The SMILES string of the molecule is COc1ccc(CCNC(=O)[C@H](CC(=O)O)NC(=O)CNC(=O)C(CCC2CCNCC2)CCC2CCNCC2)cc1.Cl.Cl. The molecule has 2 aliphatic heterocycles. The highest BCUT2D eigenvalue weighted by atomic mass is 35.5. The quantitative estimate of drug-likeness (QED) is 0.149. The van der Waals surface area contributed by atoms with E-state index in [1.807, 2.05) is 24.3 Å². The predicted molar refractivity (Wildman–Crippen MR) is 175 cm³/mol. The minimum Gasteiger partial charge on any atom is -0.497 e. The lowest BCUT2D eigenvalue weighted by atomic mass is 9.84. The maximum Gasteiger partial charge on any atom is 0.305 e. The summed E-state index contributed by atoms with van der Waals surface area (Å²) in [5.41, 5.74) is 0.979. The first kappa shape index (κ1) is 39.4. The molecule has 0 radical (unpaired) electrons. The number of ether oxygens (including phenoxy) is 1. The summed E-state index contributed by atoms with van der Waals surface area (Å²) in [6.45, 7) is 4.05. The number of benzene rings is 1. The molecule has 2 saturated heterocycles. The Morgan fingerprint density at radius 3 is 1.91 bits per heavy atom. The third-order valence-electron chi connectivity index (χ3n) is 8.46. The first-order chi connectivity index (χ1) is 20.3. The summed E-state index contributed by atoms with van der Waals surface area (Å²) in [5, 5.41) is 24.0. The fourth-order valence-electron chi connectivity index (χ4n) is 5.81. The predicted octanol–water partition coefficient (Wildman–Crippen LogP) is 2.45. The van der Waals surface area contributed by atoms with Gasteiger partial charge in [0.15, 0.2) is 0 Å². The van der Waals surface area contributed by atoms with Crippen molar-refractivity contribution in [2.45, 2.75) is 70.3 Å². The van der Waals surface area contributed by atoms with Crippen LogP contribution < -0.4 is 31.3 Å². The highest BCUT2D eigenvalue weighted by Gasteiger charge is 2.26. The second kappa shape index (κ2) is 22.0. The Morgan fingerprint density at radius 2 is 1.41 bits per heavy atom. The summed E-state index contributed by atoms with van der Waals surface area (Å²) in [6.07, 6.45) is 8.05. The van der Waals surface area contributed by atoms with E-state index >= 15 is 0 Å². The zero-order chi connectivity index (χ0) is 30.2. The van der Waals surface area contributed by atoms with Gasteiger partial charge in [0.25, 0.3) is 0 Å². The average molecular weight is 661 g/mol. The summed E-state index contributed by atoms with van der Waals surface area (Å²) >= 11 is 0. The summed E-state index contributed by atoms with van der Waals surface area (Å²) in [7, 11) is 1.59. The third kappa shape index (κ3) is 14.9. The number of piperidine rings is 2. The smallest absolute Gasteiger partial charge is 0.305 e. The number of hydrogen-bond donors (Lipinski definition) is 6. The molecule has 3 amide bonds. The van der Waals surface area contributed by atoms with Gasteiger partial charge in [0.2, 0.25) is 17.7 Å². The number of hydrogen-bond acceptors (Lipinski definition) is 7. The number of halogens is 2. The van der Waals surface area contributed by atoms with Gasteiger partial charge in [0.1, 0.15) is 11.8 Å². The normalized spacial score (nSPS) is 16.1. The molecule has 6 N–H and O–H groups in total. The topological polar surface area (TPSA) is 158 Å². The Kier molecular flexibility index (Phi) is 19.7. The molecule has 11 nitrogen and oxygen atoms in total. The van der Waals surface area contributed by atoms with Gasteiger partial charge in [-0.3, -0.25) is 19.2 Å². The number of carbonyl (C=O) groups excluding carboxylic acids is 3. The summed E-state index contributed by atoms with van der Waals surface area (Å²) < 4.78 is 5.14. The lowest BCUT2D eigenvalue weighted by Gasteiger charge is -2.27. The molecule has 44 heavy (non-hydrogen) atoms. The largest absolute Gasteiger partial charge is 0.497 e. The standard InChI is InChI=1S/C31H49N5O6.2ClH/c1-42-26-8-4-22(5-9-26)14-19-34-31(41)27(20-29(38)39)36-28(37)21-35-30(40)25(6-2-23-10-15-32-16-11-23)7-3-24-12-17-33-18-13-24;;/h4-5,8-9,23-25,27,32-33H,2-3,6-7,10-21H2,1H3,(H,34,41)(H,35,40)(H,36,37)(H,38,39);2*1H/t27-;;/m0../s1. The molecular formula is C31H51Cl2N5O6. The van der Waals surface area contributed by atoms with E-state index in [0.29, 0.717) is 18.3 Å². The second-order valence-corrected chi connectivity index (χ2v) is 11.6. The van der Waals surface area contributed by atoms with Gasteiger partial charge < -0.3 is 36.4 Å². The molecule has 2 aliphatic rings. The van der Waals surface area contributed by atoms with E-state index in [9.17, 15) is 24.3 Å². The van der Waals surface area contributed by atoms with Crippen LogP contribution >= 0.6 is 24.8 Å². The van der Waals surface area contributed by atoms with Crippen LogP contribution in [0.5, 0.6) is 5.75 Å². The van der Waals surface area contributed by atoms with Crippen LogP contribution in [-0.2, 0) is 25.6 Å². The maximum absolute atomic E-state index is 13.2. The lowest BCUT2D eigenvalue weighted by Crippen LogP contribution is -2.51. The van der Waals surface area contributed by atoms with Crippen molar-refractivity contribution in [1.82, 2.24) is 26.6 Å². The van der Waals surface area contributed by atoms with Crippen LogP contribution in [0.1, 0.15) is 63.4 Å². The molecule has 2 fully saturated rings. The number of amides is 3. The fourth-order valence-corrected chi connectivity index (χ4v) is 5.81. The fraction of sp³-hybridized carbons (Fsp3) is 0.677. The zero-order valence-corrected chi connectivity index (χ0v) is 27.4. The number of carboxylic acid groups (broad SMARTS) is 1. The lowest BCUT2D eigenvalue weighted by molar-refractivity contribution is -0.140. The number of carbonyl (C=O) groups is 4. The first-order valence-electron chi connectivity index (χ1n) is 15.4. The first-order valence-corrected chi connectivity index (χ1v) is 15.4. The van der Waals surface area contributed by atoms with Crippen LogP contribution in [0, 0.1) is 17.8 Å². The number of carboxylic acids is 1. The molecule has 1 atom stereocenters. The second-order valence-electron chi connectivity index (χ2n) is 11.6. The average Bonchev–Trinajstić information content (AvgIpc) is 3.00. The van der Waals surface area contributed by atoms with Crippen molar-refractivity contribution in [2.75, 3.05) is 46.4 Å². The van der Waals surface area contributed by atoms with Gasteiger partial charge in [-0.05, 0) is 113 Å². The van der Waals surface area contributed by atoms with Crippen molar-refractivity contribution < 1.29 is 29.0 Å². The molecule has 0 aliphatic carbocycles. The van der Waals surface area contributed by atoms with Gasteiger partial charge in [0, 0.05) is 12.5 Å². The van der Waals surface area contributed by atoms with Gasteiger partial charge in [0.05, 0.1) is 20.1 Å². The van der Waals surface area contributed by atoms with Gasteiger partial charge in [-0.15, -0.1) is 24.8 Å². The molecule has 13 heteroatoms. The number of aliphatic carboxylic acids is 1. The molecule has 250 valence electrons. The van der Waals surface area contributed by atoms with E-state index in [1.54, 1.807) is 7.11 Å². The van der Waals surface area contributed by atoms with E-state index < -0.39 is 30.2 Å². The zero-order valence-electron chi connectivity index (χ0n) is 25.7. The number of methoxy groups -OCH3 is 1. The Morgan fingerprint density at radius 1 is 0.864 bits per heavy atom. The molecule has 1 aromatic carbocycles. The van der Waals surface area contributed by atoms with Crippen molar-refractivity contribution in [2.24, 2.45) is 17.8 Å². The van der Waals surface area contributed by atoms with Crippen LogP contribution in [0.2, 0.25) is 0 Å². The molecule has 2 heterocycles. The van der Waals surface area contributed by atoms with Crippen LogP contribution in [0.15, 0.2) is 24.3 Å². The molecule has 0 bridgehead atoms.